The minimum absolute atomic E-state index is 0.141. The van der Waals surface area contributed by atoms with Crippen LogP contribution in [0, 0.1) is 5.92 Å². The van der Waals surface area contributed by atoms with Crippen molar-refractivity contribution in [1.29, 1.82) is 0 Å². The summed E-state index contributed by atoms with van der Waals surface area (Å²) >= 11 is 5.89. The van der Waals surface area contributed by atoms with Crippen molar-refractivity contribution >= 4 is 29.2 Å². The largest absolute Gasteiger partial charge is 0.344 e. The Balaban J connectivity index is 2.82. The van der Waals surface area contributed by atoms with Crippen LogP contribution in [0.3, 0.4) is 0 Å². The van der Waals surface area contributed by atoms with E-state index < -0.39 is 12.1 Å². The summed E-state index contributed by atoms with van der Waals surface area (Å²) in [6.07, 6.45) is 1.22. The van der Waals surface area contributed by atoms with Crippen LogP contribution in [0.4, 0.5) is 0 Å². The van der Waals surface area contributed by atoms with Crippen LogP contribution in [0.2, 0.25) is 5.02 Å². The number of carbonyl (C=O) groups excluding carboxylic acids is 3. The number of Topliss-reactive ketones (excluding diaryl/α,β-unsaturated/α-hetero) is 1. The van der Waals surface area contributed by atoms with Gasteiger partial charge in [-0.15, -0.1) is 0 Å². The Morgan fingerprint density at radius 2 is 1.71 bits per heavy atom. The Kier molecular flexibility index (Phi) is 9.62. The minimum atomic E-state index is -0.695. The van der Waals surface area contributed by atoms with E-state index in [1.807, 2.05) is 26.0 Å². The molecule has 0 aliphatic heterocycles. The first-order valence-electron chi connectivity index (χ1n) is 9.61. The second-order valence-corrected chi connectivity index (χ2v) is 7.72. The van der Waals surface area contributed by atoms with E-state index in [1.54, 1.807) is 33.2 Å². The fourth-order valence-electron chi connectivity index (χ4n) is 2.92. The molecule has 0 saturated heterocycles. The maximum Gasteiger partial charge on any atom is 0.243 e. The number of ketones is 1. The van der Waals surface area contributed by atoms with Crippen molar-refractivity contribution in [3.05, 3.63) is 34.9 Å². The number of amides is 2. The van der Waals surface area contributed by atoms with Crippen LogP contribution >= 0.6 is 11.6 Å². The highest BCUT2D eigenvalue weighted by Crippen LogP contribution is 2.13. The number of halogens is 1. The summed E-state index contributed by atoms with van der Waals surface area (Å²) in [5, 5.41) is 6.43. The van der Waals surface area contributed by atoms with E-state index in [9.17, 15) is 14.4 Å². The van der Waals surface area contributed by atoms with Gasteiger partial charge in [0.2, 0.25) is 11.8 Å². The maximum absolute atomic E-state index is 12.8. The van der Waals surface area contributed by atoms with Gasteiger partial charge >= 0.3 is 0 Å². The highest BCUT2D eigenvalue weighted by atomic mass is 35.5. The number of hydrogen-bond acceptors (Lipinski definition) is 4. The van der Waals surface area contributed by atoms with Gasteiger partial charge in [0.25, 0.3) is 0 Å². The molecule has 0 aliphatic carbocycles. The molecule has 1 unspecified atom stereocenters. The lowest BCUT2D eigenvalue weighted by molar-refractivity contribution is -0.141. The second kappa shape index (κ2) is 11.2. The normalized spacial score (nSPS) is 15.2. The van der Waals surface area contributed by atoms with Crippen molar-refractivity contribution in [2.24, 2.45) is 5.92 Å². The highest BCUT2D eigenvalue weighted by molar-refractivity contribution is 6.30. The first kappa shape index (κ1) is 24.1. The monoisotopic (exact) mass is 409 g/mol. The molecule has 0 aromatic heterocycles. The lowest BCUT2D eigenvalue weighted by atomic mass is 9.97. The molecular weight excluding hydrogens is 378 g/mol. The van der Waals surface area contributed by atoms with Crippen LogP contribution in [0.5, 0.6) is 0 Å². The Bertz CT molecular complexity index is 678. The molecule has 0 radical (unpaired) electrons. The van der Waals surface area contributed by atoms with Gasteiger partial charge in [0.15, 0.2) is 5.78 Å². The summed E-state index contributed by atoms with van der Waals surface area (Å²) < 4.78 is 0. The highest BCUT2D eigenvalue weighted by Gasteiger charge is 2.31. The van der Waals surface area contributed by atoms with Gasteiger partial charge in [-0.05, 0) is 50.9 Å². The molecule has 0 spiro atoms. The molecule has 0 fully saturated rings. The predicted octanol–water partition coefficient (Wildman–Crippen LogP) is 2.44. The fourth-order valence-corrected chi connectivity index (χ4v) is 3.04. The number of nitrogens with one attached hydrogen (secondary N) is 2. The van der Waals surface area contributed by atoms with Gasteiger partial charge in [-0.3, -0.25) is 14.4 Å². The predicted molar refractivity (Wildman–Crippen MR) is 112 cm³/mol. The Labute approximate surface area is 173 Å². The molecule has 0 saturated carbocycles. The van der Waals surface area contributed by atoms with Crippen molar-refractivity contribution in [2.75, 3.05) is 14.1 Å². The number of likely N-dealkylation sites (N-methyl/N-ethyl adjacent to an activating group) is 2. The van der Waals surface area contributed by atoms with E-state index in [0.29, 0.717) is 11.4 Å². The molecule has 7 heteroatoms. The van der Waals surface area contributed by atoms with Crippen LogP contribution in [0.15, 0.2) is 24.3 Å². The Morgan fingerprint density at radius 1 is 1.14 bits per heavy atom. The van der Waals surface area contributed by atoms with E-state index in [2.05, 4.69) is 10.6 Å². The Hall–Kier alpha value is -1.92. The molecule has 156 valence electrons. The van der Waals surface area contributed by atoms with Gasteiger partial charge in [-0.2, -0.15) is 0 Å². The van der Waals surface area contributed by atoms with E-state index in [4.69, 9.17) is 11.6 Å². The van der Waals surface area contributed by atoms with Crippen LogP contribution in [0.25, 0.3) is 0 Å². The zero-order chi connectivity index (χ0) is 21.4. The lowest BCUT2D eigenvalue weighted by Crippen LogP contribution is -2.55. The molecule has 0 heterocycles. The van der Waals surface area contributed by atoms with Gasteiger partial charge < -0.3 is 15.5 Å². The average molecular weight is 410 g/mol. The smallest absolute Gasteiger partial charge is 0.243 e. The fraction of sp³-hybridized carbons (Fsp3) is 0.571. The van der Waals surface area contributed by atoms with Crippen molar-refractivity contribution in [2.45, 2.75) is 58.7 Å². The summed E-state index contributed by atoms with van der Waals surface area (Å²) in [5.41, 5.74) is 0.897. The third kappa shape index (κ3) is 6.60. The molecular formula is C21H32ClN3O3. The quantitative estimate of drug-likeness (QED) is 0.622. The topological polar surface area (TPSA) is 78.5 Å². The second-order valence-electron chi connectivity index (χ2n) is 7.28. The molecule has 1 aromatic rings. The Morgan fingerprint density at radius 3 is 2.18 bits per heavy atom. The minimum Gasteiger partial charge on any atom is -0.344 e. The molecule has 28 heavy (non-hydrogen) atoms. The molecule has 1 aromatic carbocycles. The number of nitrogens with zero attached hydrogens (tertiary/aromatic N) is 1. The summed E-state index contributed by atoms with van der Waals surface area (Å²) in [7, 11) is 3.35. The standard InChI is InChI=1S/C21H32ClN3O3/c1-7-13(2)19(23-5)21(28)25(6)14(3)20(27)24-18(15(4)26)12-16-8-10-17(22)11-9-16/h8-11,13-14,18-19,23H,7,12H2,1-6H3,(H,24,27)/t13?,14-,18-,19+/m1/s1. The van der Waals surface area contributed by atoms with Crippen molar-refractivity contribution in [3.63, 3.8) is 0 Å². The summed E-state index contributed by atoms with van der Waals surface area (Å²) in [4.78, 5) is 38.9. The zero-order valence-corrected chi connectivity index (χ0v) is 18.3. The number of hydrogen-bond donors (Lipinski definition) is 2. The van der Waals surface area contributed by atoms with Crippen molar-refractivity contribution < 1.29 is 14.4 Å². The number of rotatable bonds is 10. The number of benzene rings is 1. The first-order chi connectivity index (χ1) is 13.1. The molecule has 0 aliphatic rings. The van der Waals surface area contributed by atoms with Crippen LogP contribution < -0.4 is 10.6 Å². The third-order valence-electron chi connectivity index (χ3n) is 5.26. The molecule has 2 N–H and O–H groups in total. The van der Waals surface area contributed by atoms with Gasteiger partial charge in [0.05, 0.1) is 12.1 Å². The van der Waals surface area contributed by atoms with Crippen LogP contribution in [0.1, 0.15) is 39.7 Å². The molecule has 2 amide bonds. The van der Waals surface area contributed by atoms with Gasteiger partial charge in [0, 0.05) is 12.1 Å². The van der Waals surface area contributed by atoms with Gasteiger partial charge in [0.1, 0.15) is 6.04 Å². The van der Waals surface area contributed by atoms with Gasteiger partial charge in [-0.25, -0.2) is 0 Å². The number of carbonyl (C=O) groups is 3. The molecule has 1 rings (SSSR count). The van der Waals surface area contributed by atoms with E-state index in [-0.39, 0.29) is 29.6 Å². The van der Waals surface area contributed by atoms with Gasteiger partial charge in [-0.1, -0.05) is 44.0 Å². The summed E-state index contributed by atoms with van der Waals surface area (Å²) in [6, 6.07) is 5.44. The molecule has 4 atom stereocenters. The molecule has 0 bridgehead atoms. The lowest BCUT2D eigenvalue weighted by Gasteiger charge is -2.31. The van der Waals surface area contributed by atoms with Crippen LogP contribution in [-0.4, -0.2) is 54.7 Å². The maximum atomic E-state index is 12.8. The SMILES string of the molecule is CCC(C)[C@H](NC)C(=O)N(C)[C@H](C)C(=O)N[C@H](Cc1ccc(Cl)cc1)C(C)=O. The zero-order valence-electron chi connectivity index (χ0n) is 17.6. The van der Waals surface area contributed by atoms with Crippen molar-refractivity contribution in [3.8, 4) is 0 Å². The average Bonchev–Trinajstić information content (AvgIpc) is 2.67. The molecule has 6 nitrogen and oxygen atoms in total. The summed E-state index contributed by atoms with van der Waals surface area (Å²) in [5.74, 6) is -0.497. The van der Waals surface area contributed by atoms with E-state index in [1.165, 1.54) is 11.8 Å². The van der Waals surface area contributed by atoms with Crippen LogP contribution in [-0.2, 0) is 20.8 Å². The van der Waals surface area contributed by atoms with E-state index >= 15 is 0 Å². The first-order valence-corrected chi connectivity index (χ1v) is 9.99. The third-order valence-corrected chi connectivity index (χ3v) is 5.51. The van der Waals surface area contributed by atoms with Crippen molar-refractivity contribution in [1.82, 2.24) is 15.5 Å². The van der Waals surface area contributed by atoms with E-state index in [0.717, 1.165) is 12.0 Å². The summed E-state index contributed by atoms with van der Waals surface area (Å²) in [6.45, 7) is 7.12.